The number of benzene rings is 1. The molecule has 116 valence electrons. The largest absolute Gasteiger partial charge is 0.397 e. The number of amides is 1. The lowest BCUT2D eigenvalue weighted by atomic mass is 10.0. The summed E-state index contributed by atoms with van der Waals surface area (Å²) in [7, 11) is 0. The minimum Gasteiger partial charge on any atom is -0.397 e. The fraction of sp³-hybridized carbons (Fsp3) is 0.500. The van der Waals surface area contributed by atoms with Crippen LogP contribution < -0.4 is 11.1 Å². The van der Waals surface area contributed by atoms with E-state index in [9.17, 15) is 9.90 Å². The Bertz CT molecular complexity index is 516. The fourth-order valence-corrected chi connectivity index (χ4v) is 3.22. The highest BCUT2D eigenvalue weighted by molar-refractivity contribution is 6.37. The third-order valence-electron chi connectivity index (χ3n) is 3.88. The van der Waals surface area contributed by atoms with Crippen molar-refractivity contribution in [2.45, 2.75) is 19.4 Å². The number of aliphatic hydroxyl groups is 1. The van der Waals surface area contributed by atoms with Gasteiger partial charge in [-0.25, -0.2) is 0 Å². The van der Waals surface area contributed by atoms with Gasteiger partial charge in [0.1, 0.15) is 0 Å². The Morgan fingerprint density at radius 3 is 2.86 bits per heavy atom. The quantitative estimate of drug-likeness (QED) is 0.739. The second-order valence-corrected chi connectivity index (χ2v) is 6.23. The van der Waals surface area contributed by atoms with Crippen LogP contribution in [-0.2, 0) is 4.79 Å². The Hall–Kier alpha value is -1.01. The zero-order valence-corrected chi connectivity index (χ0v) is 13.3. The second kappa shape index (κ2) is 6.83. The summed E-state index contributed by atoms with van der Waals surface area (Å²) in [6, 6.07) is 3.09. The Morgan fingerprint density at radius 1 is 1.52 bits per heavy atom. The van der Waals surface area contributed by atoms with Crippen molar-refractivity contribution in [1.82, 2.24) is 4.90 Å². The summed E-state index contributed by atoms with van der Waals surface area (Å²) in [6.07, 6.45) is 0.975. The number of rotatable bonds is 4. The summed E-state index contributed by atoms with van der Waals surface area (Å²) >= 11 is 11.9. The number of nitrogen functional groups attached to an aromatic ring is 1. The lowest BCUT2D eigenvalue weighted by Crippen LogP contribution is -2.40. The molecule has 1 heterocycles. The molecule has 1 aromatic rings. The molecule has 7 heteroatoms. The summed E-state index contributed by atoms with van der Waals surface area (Å²) in [4.78, 5) is 14.1. The first-order chi connectivity index (χ1) is 9.92. The normalized spacial score (nSPS) is 22.5. The SMILES string of the molecule is CC1CCN(CC(=O)Nc2c(N)cc(Cl)cc2Cl)C1CO. The number of anilines is 2. The Morgan fingerprint density at radius 2 is 2.24 bits per heavy atom. The Balaban J connectivity index is 2.03. The second-order valence-electron chi connectivity index (χ2n) is 5.39. The number of carbonyl (C=O) groups is 1. The van der Waals surface area contributed by atoms with Crippen LogP contribution in [0.4, 0.5) is 11.4 Å². The fourth-order valence-electron chi connectivity index (χ4n) is 2.67. The van der Waals surface area contributed by atoms with E-state index in [4.69, 9.17) is 28.9 Å². The Labute approximate surface area is 134 Å². The molecule has 1 aliphatic rings. The predicted molar refractivity (Wildman–Crippen MR) is 85.7 cm³/mol. The number of nitrogens with two attached hydrogens (primary N) is 1. The van der Waals surface area contributed by atoms with E-state index in [-0.39, 0.29) is 25.1 Å². The molecule has 4 N–H and O–H groups in total. The molecule has 0 saturated carbocycles. The monoisotopic (exact) mass is 331 g/mol. The van der Waals surface area contributed by atoms with Gasteiger partial charge in [0.15, 0.2) is 0 Å². The molecule has 1 amide bonds. The molecular formula is C14H19Cl2N3O2. The van der Waals surface area contributed by atoms with Crippen molar-refractivity contribution < 1.29 is 9.90 Å². The predicted octanol–water partition coefficient (Wildman–Crippen LogP) is 2.22. The number of nitrogens with one attached hydrogen (secondary N) is 1. The van der Waals surface area contributed by atoms with Crippen LogP contribution in [0.5, 0.6) is 0 Å². The van der Waals surface area contributed by atoms with Gasteiger partial charge in [0.05, 0.1) is 29.5 Å². The standard InChI is InChI=1S/C14H19Cl2N3O2/c1-8-2-3-19(12(8)7-20)6-13(21)18-14-10(16)4-9(15)5-11(14)17/h4-5,8,12,20H,2-3,6-7,17H2,1H3,(H,18,21). The van der Waals surface area contributed by atoms with Crippen molar-refractivity contribution in [3.05, 3.63) is 22.2 Å². The summed E-state index contributed by atoms with van der Waals surface area (Å²) in [5, 5.41) is 12.8. The zero-order chi connectivity index (χ0) is 15.6. The third-order valence-corrected chi connectivity index (χ3v) is 4.40. The van der Waals surface area contributed by atoms with Gasteiger partial charge in [-0.2, -0.15) is 0 Å². The summed E-state index contributed by atoms with van der Waals surface area (Å²) < 4.78 is 0. The van der Waals surface area contributed by atoms with Gasteiger partial charge in [0.25, 0.3) is 0 Å². The smallest absolute Gasteiger partial charge is 0.238 e. The van der Waals surface area contributed by atoms with E-state index in [0.29, 0.717) is 27.3 Å². The molecule has 0 aromatic heterocycles. The van der Waals surface area contributed by atoms with Gasteiger partial charge in [-0.1, -0.05) is 30.1 Å². The van der Waals surface area contributed by atoms with Gasteiger partial charge in [-0.3, -0.25) is 9.69 Å². The van der Waals surface area contributed by atoms with Crippen molar-refractivity contribution in [2.24, 2.45) is 5.92 Å². The van der Waals surface area contributed by atoms with Crippen LogP contribution in [0.2, 0.25) is 10.0 Å². The molecule has 2 unspecified atom stereocenters. The van der Waals surface area contributed by atoms with Gasteiger partial charge in [0.2, 0.25) is 5.91 Å². The highest BCUT2D eigenvalue weighted by atomic mass is 35.5. The van der Waals surface area contributed by atoms with Gasteiger partial charge in [0, 0.05) is 11.1 Å². The maximum absolute atomic E-state index is 12.1. The number of halogens is 2. The first kappa shape index (κ1) is 16.4. The van der Waals surface area contributed by atoms with E-state index >= 15 is 0 Å². The molecular weight excluding hydrogens is 313 g/mol. The third kappa shape index (κ3) is 3.80. The van der Waals surface area contributed by atoms with Crippen LogP contribution in [0.15, 0.2) is 12.1 Å². The molecule has 0 aliphatic carbocycles. The minimum absolute atomic E-state index is 0.0220. The van der Waals surface area contributed by atoms with Gasteiger partial charge >= 0.3 is 0 Å². The Kier molecular flexibility index (Phi) is 5.32. The maximum Gasteiger partial charge on any atom is 0.238 e. The molecule has 0 radical (unpaired) electrons. The number of likely N-dealkylation sites (tertiary alicyclic amines) is 1. The molecule has 1 aliphatic heterocycles. The molecule has 5 nitrogen and oxygen atoms in total. The van der Waals surface area contributed by atoms with Crippen LogP contribution in [0.3, 0.4) is 0 Å². The molecule has 0 bridgehead atoms. The van der Waals surface area contributed by atoms with Crippen LogP contribution in [0.25, 0.3) is 0 Å². The first-order valence-electron chi connectivity index (χ1n) is 6.81. The van der Waals surface area contributed by atoms with E-state index in [1.54, 1.807) is 0 Å². The lowest BCUT2D eigenvalue weighted by Gasteiger charge is -2.24. The highest BCUT2D eigenvalue weighted by Crippen LogP contribution is 2.32. The molecule has 1 saturated heterocycles. The number of nitrogens with zero attached hydrogens (tertiary/aromatic N) is 1. The van der Waals surface area contributed by atoms with Crippen LogP contribution in [0.1, 0.15) is 13.3 Å². The van der Waals surface area contributed by atoms with Crippen LogP contribution >= 0.6 is 23.2 Å². The summed E-state index contributed by atoms with van der Waals surface area (Å²) in [5.74, 6) is 0.172. The van der Waals surface area contributed by atoms with Crippen molar-refractivity contribution in [1.29, 1.82) is 0 Å². The van der Waals surface area contributed by atoms with Gasteiger partial charge < -0.3 is 16.2 Å². The molecule has 2 atom stereocenters. The van der Waals surface area contributed by atoms with Crippen molar-refractivity contribution in [3.63, 3.8) is 0 Å². The number of aliphatic hydroxyl groups excluding tert-OH is 1. The zero-order valence-electron chi connectivity index (χ0n) is 11.8. The van der Waals surface area contributed by atoms with Gasteiger partial charge in [-0.15, -0.1) is 0 Å². The average Bonchev–Trinajstić information content (AvgIpc) is 2.74. The highest BCUT2D eigenvalue weighted by Gasteiger charge is 2.31. The van der Waals surface area contributed by atoms with Crippen LogP contribution in [-0.4, -0.2) is 41.7 Å². The molecule has 2 rings (SSSR count). The first-order valence-corrected chi connectivity index (χ1v) is 7.57. The van der Waals surface area contributed by atoms with E-state index in [2.05, 4.69) is 12.2 Å². The lowest BCUT2D eigenvalue weighted by molar-refractivity contribution is -0.117. The van der Waals surface area contributed by atoms with Crippen molar-refractivity contribution in [3.8, 4) is 0 Å². The van der Waals surface area contributed by atoms with Crippen molar-refractivity contribution in [2.75, 3.05) is 30.7 Å². The van der Waals surface area contributed by atoms with Crippen molar-refractivity contribution >= 4 is 40.5 Å². The number of hydrogen-bond donors (Lipinski definition) is 3. The summed E-state index contributed by atoms with van der Waals surface area (Å²) in [6.45, 7) is 3.13. The van der Waals surface area contributed by atoms with E-state index in [1.165, 1.54) is 12.1 Å². The topological polar surface area (TPSA) is 78.6 Å². The molecule has 0 spiro atoms. The number of hydrogen-bond acceptors (Lipinski definition) is 4. The minimum atomic E-state index is -0.210. The maximum atomic E-state index is 12.1. The van der Waals surface area contributed by atoms with Gasteiger partial charge in [-0.05, 0) is 31.0 Å². The average molecular weight is 332 g/mol. The van der Waals surface area contributed by atoms with E-state index in [0.717, 1.165) is 13.0 Å². The number of carbonyl (C=O) groups excluding carboxylic acids is 1. The van der Waals surface area contributed by atoms with Crippen LogP contribution in [0, 0.1) is 5.92 Å². The molecule has 21 heavy (non-hydrogen) atoms. The van der Waals surface area contributed by atoms with E-state index < -0.39 is 0 Å². The molecule has 1 aromatic carbocycles. The summed E-state index contributed by atoms with van der Waals surface area (Å²) in [5.41, 5.74) is 6.52. The van der Waals surface area contributed by atoms with E-state index in [1.807, 2.05) is 4.90 Å². The molecule has 1 fully saturated rings.